The highest BCUT2D eigenvalue weighted by atomic mass is 16.5. The van der Waals surface area contributed by atoms with Gasteiger partial charge in [0.1, 0.15) is 5.78 Å². The van der Waals surface area contributed by atoms with Crippen molar-refractivity contribution < 1.29 is 19.7 Å². The molecule has 0 amide bonds. The maximum absolute atomic E-state index is 11.3. The molecule has 0 aromatic heterocycles. The molecule has 0 spiro atoms. The van der Waals surface area contributed by atoms with Crippen LogP contribution in [-0.2, 0) is 11.2 Å². The number of benzene rings is 1. The van der Waals surface area contributed by atoms with Gasteiger partial charge in [-0.2, -0.15) is 0 Å². The van der Waals surface area contributed by atoms with E-state index in [9.17, 15) is 15.0 Å². The second kappa shape index (κ2) is 6.13. The van der Waals surface area contributed by atoms with Gasteiger partial charge in [-0.3, -0.25) is 4.79 Å². The number of ketones is 1. The lowest BCUT2D eigenvalue weighted by Crippen LogP contribution is -2.01. The van der Waals surface area contributed by atoms with Crippen LogP contribution in [0.3, 0.4) is 0 Å². The summed E-state index contributed by atoms with van der Waals surface area (Å²) in [5.41, 5.74) is 0.429. The third-order valence-corrected chi connectivity index (χ3v) is 2.44. The lowest BCUT2D eigenvalue weighted by Gasteiger charge is -2.10. The van der Waals surface area contributed by atoms with Gasteiger partial charge in [-0.05, 0) is 12.5 Å². The maximum Gasteiger partial charge on any atom is 0.200 e. The lowest BCUT2D eigenvalue weighted by atomic mass is 10.1. The van der Waals surface area contributed by atoms with Crippen molar-refractivity contribution in [1.29, 1.82) is 0 Å². The van der Waals surface area contributed by atoms with Crippen LogP contribution in [0, 0.1) is 0 Å². The lowest BCUT2D eigenvalue weighted by molar-refractivity contribution is -0.118. The van der Waals surface area contributed by atoms with Gasteiger partial charge in [-0.25, -0.2) is 0 Å². The van der Waals surface area contributed by atoms with Crippen LogP contribution in [0.25, 0.3) is 0 Å². The number of aromatic hydroxyl groups is 2. The zero-order valence-corrected chi connectivity index (χ0v) is 10.2. The van der Waals surface area contributed by atoms with Crippen LogP contribution in [0.15, 0.2) is 12.1 Å². The second-order valence-corrected chi connectivity index (χ2v) is 3.84. The Kier molecular flexibility index (Phi) is 4.82. The Balaban J connectivity index is 2.89. The Hall–Kier alpha value is -1.71. The number of phenols is 2. The summed E-state index contributed by atoms with van der Waals surface area (Å²) in [6.45, 7) is 4.18. The van der Waals surface area contributed by atoms with E-state index in [0.717, 1.165) is 6.42 Å². The molecule has 0 fully saturated rings. The van der Waals surface area contributed by atoms with E-state index >= 15 is 0 Å². The number of hydrogen-bond donors (Lipinski definition) is 2. The molecule has 1 aromatic rings. The van der Waals surface area contributed by atoms with Gasteiger partial charge in [-0.15, -0.1) is 0 Å². The van der Waals surface area contributed by atoms with Crippen LogP contribution in [0.4, 0.5) is 0 Å². The maximum atomic E-state index is 11.3. The molecule has 0 aliphatic heterocycles. The van der Waals surface area contributed by atoms with E-state index in [0.29, 0.717) is 18.6 Å². The molecular weight excluding hydrogens is 220 g/mol. The normalized spacial score (nSPS) is 10.2. The van der Waals surface area contributed by atoms with Gasteiger partial charge in [0, 0.05) is 18.4 Å². The highest BCUT2D eigenvalue weighted by Gasteiger charge is 2.14. The van der Waals surface area contributed by atoms with Gasteiger partial charge in [0.15, 0.2) is 11.5 Å². The van der Waals surface area contributed by atoms with Crippen molar-refractivity contribution in [3.05, 3.63) is 17.7 Å². The first-order chi connectivity index (χ1) is 8.10. The smallest absolute Gasteiger partial charge is 0.200 e. The zero-order valence-electron chi connectivity index (χ0n) is 10.2. The van der Waals surface area contributed by atoms with Gasteiger partial charge < -0.3 is 14.9 Å². The number of carbonyl (C=O) groups excluding carboxylic acids is 1. The summed E-state index contributed by atoms with van der Waals surface area (Å²) in [6, 6.07) is 3.18. The largest absolute Gasteiger partial charge is 0.504 e. The van der Waals surface area contributed by atoms with E-state index in [2.05, 4.69) is 0 Å². The molecule has 0 aliphatic carbocycles. The van der Waals surface area contributed by atoms with E-state index < -0.39 is 0 Å². The average Bonchev–Trinajstić information content (AvgIpc) is 2.34. The predicted octanol–water partition coefficient (Wildman–Crippen LogP) is 2.41. The van der Waals surface area contributed by atoms with Gasteiger partial charge in [0.25, 0.3) is 0 Å². The van der Waals surface area contributed by atoms with E-state index in [1.807, 2.05) is 6.92 Å². The number of ether oxygens (including phenoxy) is 1. The highest BCUT2D eigenvalue weighted by molar-refractivity contribution is 5.81. The summed E-state index contributed by atoms with van der Waals surface area (Å²) in [6.07, 6.45) is 1.36. The molecule has 4 heteroatoms. The number of Topliss-reactive ketones (excluding diaryl/α,β-unsaturated/α-hetero) is 1. The predicted molar refractivity (Wildman–Crippen MR) is 64.6 cm³/mol. The summed E-state index contributed by atoms with van der Waals surface area (Å²) < 4.78 is 5.26. The second-order valence-electron chi connectivity index (χ2n) is 3.84. The molecule has 0 saturated heterocycles. The fourth-order valence-electron chi connectivity index (χ4n) is 1.41. The van der Waals surface area contributed by atoms with Crippen LogP contribution in [0.1, 0.15) is 32.3 Å². The number of rotatable bonds is 6. The average molecular weight is 238 g/mol. The van der Waals surface area contributed by atoms with Gasteiger partial charge in [-0.1, -0.05) is 19.9 Å². The standard InChI is InChI=1S/C13H18O4/c1-3-7-17-11-6-5-9(8-10(14)4-2)12(15)13(11)16/h5-6,15-16H,3-4,7-8H2,1-2H3. The Labute approximate surface area is 101 Å². The molecule has 0 saturated carbocycles. The van der Waals surface area contributed by atoms with Crippen LogP contribution in [0.2, 0.25) is 0 Å². The molecule has 0 unspecified atom stereocenters. The van der Waals surface area contributed by atoms with Crippen LogP contribution in [-0.4, -0.2) is 22.6 Å². The molecule has 0 atom stereocenters. The Morgan fingerprint density at radius 3 is 2.53 bits per heavy atom. The monoisotopic (exact) mass is 238 g/mol. The molecule has 0 bridgehead atoms. The van der Waals surface area contributed by atoms with E-state index in [1.54, 1.807) is 19.1 Å². The molecule has 0 radical (unpaired) electrons. The number of carbonyl (C=O) groups is 1. The summed E-state index contributed by atoms with van der Waals surface area (Å²) in [5, 5.41) is 19.4. The molecular formula is C13H18O4. The fraction of sp³-hybridized carbons (Fsp3) is 0.462. The first-order valence-corrected chi connectivity index (χ1v) is 5.78. The van der Waals surface area contributed by atoms with Crippen molar-refractivity contribution in [1.82, 2.24) is 0 Å². The van der Waals surface area contributed by atoms with Crippen molar-refractivity contribution in [2.45, 2.75) is 33.1 Å². The van der Waals surface area contributed by atoms with Crippen LogP contribution in [0.5, 0.6) is 17.2 Å². The Bertz CT molecular complexity index is 399. The molecule has 1 aromatic carbocycles. The van der Waals surface area contributed by atoms with Gasteiger partial charge in [0.2, 0.25) is 5.75 Å². The molecule has 0 heterocycles. The SMILES string of the molecule is CCCOc1ccc(CC(=O)CC)c(O)c1O. The minimum Gasteiger partial charge on any atom is -0.504 e. The minimum absolute atomic E-state index is 0.0157. The van der Waals surface area contributed by atoms with Crippen molar-refractivity contribution in [3.8, 4) is 17.2 Å². The van der Waals surface area contributed by atoms with Crippen molar-refractivity contribution in [2.24, 2.45) is 0 Å². The van der Waals surface area contributed by atoms with E-state index in [4.69, 9.17) is 4.74 Å². The first-order valence-electron chi connectivity index (χ1n) is 5.78. The summed E-state index contributed by atoms with van der Waals surface area (Å²) in [7, 11) is 0. The zero-order chi connectivity index (χ0) is 12.8. The van der Waals surface area contributed by atoms with Gasteiger partial charge in [0.05, 0.1) is 6.61 Å². The van der Waals surface area contributed by atoms with Crippen molar-refractivity contribution >= 4 is 5.78 Å². The number of phenolic OH excluding ortho intramolecular Hbond substituents is 2. The number of hydrogen-bond acceptors (Lipinski definition) is 4. The topological polar surface area (TPSA) is 66.8 Å². The van der Waals surface area contributed by atoms with E-state index in [1.165, 1.54) is 0 Å². The third-order valence-electron chi connectivity index (χ3n) is 2.44. The summed E-state index contributed by atoms with van der Waals surface area (Å²) in [5.74, 6) is -0.292. The highest BCUT2D eigenvalue weighted by Crippen LogP contribution is 2.38. The molecule has 2 N–H and O–H groups in total. The molecule has 0 aliphatic rings. The fourth-order valence-corrected chi connectivity index (χ4v) is 1.41. The Morgan fingerprint density at radius 1 is 1.24 bits per heavy atom. The molecule has 1 rings (SSSR count). The quantitative estimate of drug-likeness (QED) is 0.747. The molecule has 94 valence electrons. The Morgan fingerprint density at radius 2 is 1.94 bits per heavy atom. The first kappa shape index (κ1) is 13.4. The van der Waals surface area contributed by atoms with Crippen molar-refractivity contribution in [2.75, 3.05) is 6.61 Å². The molecule has 4 nitrogen and oxygen atoms in total. The van der Waals surface area contributed by atoms with E-state index in [-0.39, 0.29) is 29.5 Å². The molecule has 17 heavy (non-hydrogen) atoms. The van der Waals surface area contributed by atoms with Crippen LogP contribution < -0.4 is 4.74 Å². The minimum atomic E-state index is -0.292. The summed E-state index contributed by atoms with van der Waals surface area (Å²) >= 11 is 0. The van der Waals surface area contributed by atoms with Crippen molar-refractivity contribution in [3.63, 3.8) is 0 Å². The van der Waals surface area contributed by atoms with Gasteiger partial charge >= 0.3 is 0 Å². The van der Waals surface area contributed by atoms with Crippen LogP contribution >= 0.6 is 0 Å². The third kappa shape index (κ3) is 3.37. The summed E-state index contributed by atoms with van der Waals surface area (Å²) in [4.78, 5) is 11.3.